The van der Waals surface area contributed by atoms with E-state index in [1.54, 1.807) is 6.07 Å². The quantitative estimate of drug-likeness (QED) is 0.903. The normalized spacial score (nSPS) is 15.3. The highest BCUT2D eigenvalue weighted by molar-refractivity contribution is 5.52. The van der Waals surface area contributed by atoms with E-state index in [9.17, 15) is 8.78 Å². The third-order valence-corrected chi connectivity index (χ3v) is 3.72. The summed E-state index contributed by atoms with van der Waals surface area (Å²) in [6, 6.07) is 13.4. The van der Waals surface area contributed by atoms with Crippen molar-refractivity contribution >= 4 is 5.69 Å². The standard InChI is InChI=1S/C17H14F2N2/c18-14-8-11(10-20)9-15(19)17(14)21-16(13-6-7-13)12-4-2-1-3-5-12/h1-5,8-9,13,16,21H,6-7H2. The van der Waals surface area contributed by atoms with Crippen molar-refractivity contribution < 1.29 is 8.78 Å². The Balaban J connectivity index is 1.93. The molecule has 4 heteroatoms. The third-order valence-electron chi connectivity index (χ3n) is 3.72. The smallest absolute Gasteiger partial charge is 0.150 e. The first-order valence-electron chi connectivity index (χ1n) is 6.89. The Morgan fingerprint density at radius 1 is 1.10 bits per heavy atom. The van der Waals surface area contributed by atoms with Crippen LogP contribution in [0.2, 0.25) is 0 Å². The molecule has 0 aromatic heterocycles. The third kappa shape index (κ3) is 2.87. The molecule has 21 heavy (non-hydrogen) atoms. The average Bonchev–Trinajstić information content (AvgIpc) is 3.32. The average molecular weight is 284 g/mol. The molecule has 0 radical (unpaired) electrons. The molecule has 0 aliphatic heterocycles. The van der Waals surface area contributed by atoms with Gasteiger partial charge >= 0.3 is 0 Å². The van der Waals surface area contributed by atoms with Gasteiger partial charge in [-0.05, 0) is 36.5 Å². The van der Waals surface area contributed by atoms with Gasteiger partial charge in [0.15, 0.2) is 11.6 Å². The lowest BCUT2D eigenvalue weighted by Crippen LogP contribution is -2.15. The van der Waals surface area contributed by atoms with Gasteiger partial charge < -0.3 is 5.32 Å². The fourth-order valence-corrected chi connectivity index (χ4v) is 2.49. The van der Waals surface area contributed by atoms with Crippen molar-refractivity contribution in [2.75, 3.05) is 5.32 Å². The van der Waals surface area contributed by atoms with Crippen molar-refractivity contribution in [3.8, 4) is 6.07 Å². The first-order valence-corrected chi connectivity index (χ1v) is 6.89. The van der Waals surface area contributed by atoms with Gasteiger partial charge in [-0.25, -0.2) is 8.78 Å². The van der Waals surface area contributed by atoms with Crippen molar-refractivity contribution in [2.45, 2.75) is 18.9 Å². The lowest BCUT2D eigenvalue weighted by Gasteiger charge is -2.21. The summed E-state index contributed by atoms with van der Waals surface area (Å²) in [5.41, 5.74) is 0.844. The highest BCUT2D eigenvalue weighted by Crippen LogP contribution is 2.43. The van der Waals surface area contributed by atoms with Gasteiger partial charge in [-0.2, -0.15) is 5.26 Å². The molecule has 1 aliphatic rings. The molecule has 0 heterocycles. The van der Waals surface area contributed by atoms with Gasteiger partial charge in [0.25, 0.3) is 0 Å². The van der Waals surface area contributed by atoms with Crippen LogP contribution in [0.4, 0.5) is 14.5 Å². The molecule has 2 aromatic rings. The molecule has 1 N–H and O–H groups in total. The molecule has 1 saturated carbocycles. The lowest BCUT2D eigenvalue weighted by atomic mass is 10.0. The molecule has 0 bridgehead atoms. The highest BCUT2D eigenvalue weighted by atomic mass is 19.1. The van der Waals surface area contributed by atoms with Crippen molar-refractivity contribution in [1.82, 2.24) is 0 Å². The monoisotopic (exact) mass is 284 g/mol. The van der Waals surface area contributed by atoms with E-state index in [4.69, 9.17) is 5.26 Å². The van der Waals surface area contributed by atoms with Crippen LogP contribution in [0.3, 0.4) is 0 Å². The van der Waals surface area contributed by atoms with E-state index in [1.807, 2.05) is 30.3 Å². The largest absolute Gasteiger partial charge is 0.373 e. The number of benzene rings is 2. The molecule has 1 atom stereocenters. The van der Waals surface area contributed by atoms with E-state index in [2.05, 4.69) is 5.32 Å². The van der Waals surface area contributed by atoms with Crippen LogP contribution in [0.5, 0.6) is 0 Å². The Labute approximate surface area is 122 Å². The van der Waals surface area contributed by atoms with E-state index in [-0.39, 0.29) is 17.3 Å². The maximum absolute atomic E-state index is 14.0. The molecule has 3 rings (SSSR count). The molecule has 2 aromatic carbocycles. The second-order valence-corrected chi connectivity index (χ2v) is 5.30. The van der Waals surface area contributed by atoms with Crippen LogP contribution >= 0.6 is 0 Å². The van der Waals surface area contributed by atoms with Crippen molar-refractivity contribution in [3.05, 3.63) is 65.2 Å². The Hall–Kier alpha value is -2.41. The van der Waals surface area contributed by atoms with Crippen LogP contribution in [-0.2, 0) is 0 Å². The summed E-state index contributed by atoms with van der Waals surface area (Å²) in [7, 11) is 0. The second-order valence-electron chi connectivity index (χ2n) is 5.30. The summed E-state index contributed by atoms with van der Waals surface area (Å²) in [5, 5.41) is 11.7. The van der Waals surface area contributed by atoms with Crippen LogP contribution in [0.25, 0.3) is 0 Å². The number of anilines is 1. The summed E-state index contributed by atoms with van der Waals surface area (Å²) in [6.45, 7) is 0. The zero-order valence-electron chi connectivity index (χ0n) is 11.3. The molecule has 0 amide bonds. The Kier molecular flexibility index (Phi) is 3.57. The van der Waals surface area contributed by atoms with Crippen LogP contribution in [0, 0.1) is 28.9 Å². The summed E-state index contributed by atoms with van der Waals surface area (Å²) in [6.07, 6.45) is 2.10. The molecule has 0 spiro atoms. The molecule has 1 unspecified atom stereocenters. The first kappa shape index (κ1) is 13.6. The first-order chi connectivity index (χ1) is 10.2. The molecular formula is C17H14F2N2. The molecular weight excluding hydrogens is 270 g/mol. The van der Waals surface area contributed by atoms with Crippen molar-refractivity contribution in [2.24, 2.45) is 5.92 Å². The minimum Gasteiger partial charge on any atom is -0.373 e. The lowest BCUT2D eigenvalue weighted by molar-refractivity contribution is 0.574. The van der Waals surface area contributed by atoms with Gasteiger partial charge in [0.1, 0.15) is 5.69 Å². The molecule has 106 valence electrons. The predicted molar refractivity (Wildman–Crippen MR) is 76.6 cm³/mol. The molecule has 0 saturated heterocycles. The Bertz CT molecular complexity index is 665. The van der Waals surface area contributed by atoms with Crippen LogP contribution in [0.1, 0.15) is 30.0 Å². The SMILES string of the molecule is N#Cc1cc(F)c(NC(c2ccccc2)C2CC2)c(F)c1. The predicted octanol–water partition coefficient (Wildman–Crippen LogP) is 4.40. The van der Waals surface area contributed by atoms with Crippen molar-refractivity contribution in [1.29, 1.82) is 5.26 Å². The van der Waals surface area contributed by atoms with Gasteiger partial charge in [0.05, 0.1) is 17.7 Å². The maximum Gasteiger partial charge on any atom is 0.150 e. The zero-order chi connectivity index (χ0) is 14.8. The number of hydrogen-bond acceptors (Lipinski definition) is 2. The molecule has 1 aliphatic carbocycles. The van der Waals surface area contributed by atoms with Crippen LogP contribution in [-0.4, -0.2) is 0 Å². The molecule has 2 nitrogen and oxygen atoms in total. The zero-order valence-corrected chi connectivity index (χ0v) is 11.3. The number of nitrogens with one attached hydrogen (secondary N) is 1. The van der Waals surface area contributed by atoms with E-state index in [1.165, 1.54) is 0 Å². The minimum atomic E-state index is -0.729. The van der Waals surface area contributed by atoms with Gasteiger partial charge in [0.2, 0.25) is 0 Å². The van der Waals surface area contributed by atoms with Gasteiger partial charge in [-0.15, -0.1) is 0 Å². The fourth-order valence-electron chi connectivity index (χ4n) is 2.49. The van der Waals surface area contributed by atoms with E-state index < -0.39 is 11.6 Å². The Morgan fingerprint density at radius 2 is 1.71 bits per heavy atom. The van der Waals surface area contributed by atoms with Crippen LogP contribution in [0.15, 0.2) is 42.5 Å². The van der Waals surface area contributed by atoms with E-state index in [0.717, 1.165) is 30.5 Å². The molecule has 1 fully saturated rings. The summed E-state index contributed by atoms with van der Waals surface area (Å²) in [5.74, 6) is -1.07. The Morgan fingerprint density at radius 3 is 2.24 bits per heavy atom. The fraction of sp³-hybridized carbons (Fsp3) is 0.235. The minimum absolute atomic E-state index is 0.0155. The number of rotatable bonds is 4. The maximum atomic E-state index is 14.0. The van der Waals surface area contributed by atoms with E-state index in [0.29, 0.717) is 5.92 Å². The van der Waals surface area contributed by atoms with Gasteiger partial charge in [-0.1, -0.05) is 30.3 Å². The summed E-state index contributed by atoms with van der Waals surface area (Å²) in [4.78, 5) is 0. The summed E-state index contributed by atoms with van der Waals surface area (Å²) < 4.78 is 28.0. The summed E-state index contributed by atoms with van der Waals surface area (Å²) >= 11 is 0. The highest BCUT2D eigenvalue weighted by Gasteiger charge is 2.33. The number of nitrogens with zero attached hydrogens (tertiary/aromatic N) is 1. The second kappa shape index (κ2) is 5.53. The van der Waals surface area contributed by atoms with Gasteiger partial charge in [0, 0.05) is 0 Å². The van der Waals surface area contributed by atoms with E-state index >= 15 is 0 Å². The number of nitriles is 1. The van der Waals surface area contributed by atoms with Gasteiger partial charge in [-0.3, -0.25) is 0 Å². The number of halogens is 2. The topological polar surface area (TPSA) is 35.8 Å². The van der Waals surface area contributed by atoms with Crippen LogP contribution < -0.4 is 5.32 Å². The number of hydrogen-bond donors (Lipinski definition) is 1. The van der Waals surface area contributed by atoms with Crippen molar-refractivity contribution in [3.63, 3.8) is 0 Å².